The number of benzene rings is 3. The molecule has 3 aromatic carbocycles. The molecule has 0 aliphatic rings. The predicted molar refractivity (Wildman–Crippen MR) is 123 cm³/mol. The number of methoxy groups -OCH3 is 1. The van der Waals surface area contributed by atoms with Crippen LogP contribution in [0, 0.1) is 10.1 Å². The Kier molecular flexibility index (Phi) is 7.90. The third kappa shape index (κ3) is 6.39. The zero-order valence-electron chi connectivity index (χ0n) is 18.3. The number of nitrogens with one attached hydrogen (secondary N) is 1. The zero-order valence-corrected chi connectivity index (χ0v) is 18.3. The molecular formula is C24H21N3O7. The van der Waals surface area contributed by atoms with E-state index in [2.05, 4.69) is 10.5 Å². The second-order valence-electron chi connectivity index (χ2n) is 6.91. The van der Waals surface area contributed by atoms with Crippen LogP contribution in [0.4, 0.5) is 5.69 Å². The molecule has 0 aliphatic carbocycles. The lowest BCUT2D eigenvalue weighted by molar-refractivity contribution is -0.384. The zero-order chi connectivity index (χ0) is 24.5. The number of nitrogens with zero attached hydrogens (tertiary/aromatic N) is 2. The van der Waals surface area contributed by atoms with Crippen LogP contribution in [0.2, 0.25) is 0 Å². The number of nitro benzene ring substituents is 1. The maximum absolute atomic E-state index is 12.3. The molecule has 0 fully saturated rings. The summed E-state index contributed by atoms with van der Waals surface area (Å²) in [6.07, 6.45) is 0.495. The van der Waals surface area contributed by atoms with E-state index < -0.39 is 22.9 Å². The molecule has 0 radical (unpaired) electrons. The Morgan fingerprint density at radius 2 is 1.74 bits per heavy atom. The minimum atomic E-state index is -0.895. The number of amides is 1. The summed E-state index contributed by atoms with van der Waals surface area (Å²) in [5.41, 5.74) is 3.27. The van der Waals surface area contributed by atoms with Crippen molar-refractivity contribution in [2.75, 3.05) is 7.11 Å². The van der Waals surface area contributed by atoms with Crippen molar-refractivity contribution in [2.45, 2.75) is 13.0 Å². The largest absolute Gasteiger partial charge is 0.493 e. The van der Waals surface area contributed by atoms with Gasteiger partial charge in [0.25, 0.3) is 11.6 Å². The lowest BCUT2D eigenvalue weighted by Crippen LogP contribution is -2.33. The van der Waals surface area contributed by atoms with Crippen LogP contribution in [-0.4, -0.2) is 36.2 Å². The molecule has 0 saturated heterocycles. The Balaban J connectivity index is 1.57. The van der Waals surface area contributed by atoms with Gasteiger partial charge in [-0.1, -0.05) is 18.2 Å². The molecule has 10 heteroatoms. The minimum Gasteiger partial charge on any atom is -0.493 e. The Morgan fingerprint density at radius 1 is 1.03 bits per heavy atom. The van der Waals surface area contributed by atoms with Gasteiger partial charge in [-0.25, -0.2) is 10.2 Å². The second kappa shape index (κ2) is 11.2. The fraction of sp³-hybridized carbons (Fsp3) is 0.125. The Labute approximate surface area is 194 Å². The van der Waals surface area contributed by atoms with E-state index in [1.165, 1.54) is 44.5 Å². The molecule has 34 heavy (non-hydrogen) atoms. The van der Waals surface area contributed by atoms with Gasteiger partial charge in [0.05, 0.1) is 23.8 Å². The van der Waals surface area contributed by atoms with Crippen LogP contribution in [0.25, 0.3) is 0 Å². The van der Waals surface area contributed by atoms with Crippen molar-refractivity contribution in [3.05, 3.63) is 94.0 Å². The van der Waals surface area contributed by atoms with Gasteiger partial charge in [0, 0.05) is 12.1 Å². The number of hydrogen-bond acceptors (Lipinski definition) is 8. The smallest absolute Gasteiger partial charge is 0.343 e. The molecule has 1 amide bonds. The van der Waals surface area contributed by atoms with Crippen molar-refractivity contribution >= 4 is 23.8 Å². The van der Waals surface area contributed by atoms with Crippen molar-refractivity contribution in [2.24, 2.45) is 5.10 Å². The van der Waals surface area contributed by atoms with Gasteiger partial charge in [0.2, 0.25) is 0 Å². The van der Waals surface area contributed by atoms with E-state index in [1.807, 2.05) is 0 Å². The highest BCUT2D eigenvalue weighted by atomic mass is 16.6. The van der Waals surface area contributed by atoms with Crippen LogP contribution in [0.15, 0.2) is 77.9 Å². The quantitative estimate of drug-likeness (QED) is 0.168. The number of non-ortho nitro benzene ring substituents is 1. The topological polar surface area (TPSA) is 129 Å². The van der Waals surface area contributed by atoms with Crippen molar-refractivity contribution in [3.8, 4) is 17.2 Å². The Hall–Kier alpha value is -4.73. The molecule has 10 nitrogen and oxygen atoms in total. The standard InChI is InChI=1S/C24H21N3O7/c1-16(33-20-11-9-19(10-12-20)27(30)31)23(28)26-25-15-17-8-13-21(22(14-17)32-2)34-24(29)18-6-4-3-5-7-18/h3-16H,1-2H3,(H,26,28)/b25-15-/t16-/m1/s1. The van der Waals surface area contributed by atoms with Crippen LogP contribution in [0.1, 0.15) is 22.8 Å². The first-order chi connectivity index (χ1) is 16.4. The fourth-order valence-corrected chi connectivity index (χ4v) is 2.75. The number of rotatable bonds is 9. The summed E-state index contributed by atoms with van der Waals surface area (Å²) in [6.45, 7) is 1.52. The van der Waals surface area contributed by atoms with Crippen molar-refractivity contribution in [1.82, 2.24) is 5.43 Å². The Bertz CT molecular complexity index is 1190. The molecule has 1 atom stereocenters. The number of nitro groups is 1. The first-order valence-electron chi connectivity index (χ1n) is 10.1. The minimum absolute atomic E-state index is 0.0784. The summed E-state index contributed by atoms with van der Waals surface area (Å²) in [5.74, 6) is -0.177. The molecule has 0 unspecified atom stereocenters. The summed E-state index contributed by atoms with van der Waals surface area (Å²) >= 11 is 0. The summed E-state index contributed by atoms with van der Waals surface area (Å²) in [7, 11) is 1.44. The third-order valence-electron chi connectivity index (χ3n) is 4.52. The van der Waals surface area contributed by atoms with Gasteiger partial charge in [0.15, 0.2) is 17.6 Å². The van der Waals surface area contributed by atoms with Crippen molar-refractivity contribution < 1.29 is 28.7 Å². The van der Waals surface area contributed by atoms with E-state index in [9.17, 15) is 19.7 Å². The van der Waals surface area contributed by atoms with E-state index in [4.69, 9.17) is 14.2 Å². The summed E-state index contributed by atoms with van der Waals surface area (Å²) in [4.78, 5) is 34.6. The summed E-state index contributed by atoms with van der Waals surface area (Å²) in [5, 5.41) is 14.6. The summed E-state index contributed by atoms with van der Waals surface area (Å²) in [6, 6.07) is 18.7. The molecule has 1 N–H and O–H groups in total. The SMILES string of the molecule is COc1cc(/C=N\NC(=O)[C@@H](C)Oc2ccc([N+](=O)[O-])cc2)ccc1OC(=O)c1ccccc1. The maximum Gasteiger partial charge on any atom is 0.343 e. The van der Waals surface area contributed by atoms with E-state index in [0.29, 0.717) is 22.6 Å². The fourth-order valence-electron chi connectivity index (χ4n) is 2.75. The lowest BCUT2D eigenvalue weighted by Gasteiger charge is -2.12. The van der Waals surface area contributed by atoms with Gasteiger partial charge in [-0.3, -0.25) is 14.9 Å². The second-order valence-corrected chi connectivity index (χ2v) is 6.91. The Morgan fingerprint density at radius 3 is 2.38 bits per heavy atom. The maximum atomic E-state index is 12.3. The highest BCUT2D eigenvalue weighted by Gasteiger charge is 2.15. The van der Waals surface area contributed by atoms with Gasteiger partial charge >= 0.3 is 5.97 Å². The van der Waals surface area contributed by atoms with Gasteiger partial charge in [-0.15, -0.1) is 0 Å². The number of hydrazone groups is 1. The molecule has 0 aromatic heterocycles. The van der Waals surface area contributed by atoms with E-state index in [-0.39, 0.29) is 11.4 Å². The molecule has 0 heterocycles. The van der Waals surface area contributed by atoms with Crippen LogP contribution in [0.5, 0.6) is 17.2 Å². The van der Waals surface area contributed by atoms with E-state index >= 15 is 0 Å². The first-order valence-corrected chi connectivity index (χ1v) is 10.1. The highest BCUT2D eigenvalue weighted by Crippen LogP contribution is 2.28. The number of ether oxygens (including phenoxy) is 3. The van der Waals surface area contributed by atoms with Crippen molar-refractivity contribution in [3.63, 3.8) is 0 Å². The molecular weight excluding hydrogens is 442 g/mol. The van der Waals surface area contributed by atoms with Gasteiger partial charge in [-0.05, 0) is 55.0 Å². The number of hydrogen-bond donors (Lipinski definition) is 1. The molecule has 0 saturated carbocycles. The van der Waals surface area contributed by atoms with E-state index in [1.54, 1.807) is 48.5 Å². The average molecular weight is 463 g/mol. The number of carbonyl (C=O) groups is 2. The molecule has 174 valence electrons. The predicted octanol–water partition coefficient (Wildman–Crippen LogP) is 3.74. The normalized spacial score (nSPS) is 11.5. The van der Waals surface area contributed by atoms with Crippen LogP contribution in [-0.2, 0) is 4.79 Å². The summed E-state index contributed by atoms with van der Waals surface area (Å²) < 4.78 is 16.1. The van der Waals surface area contributed by atoms with Gasteiger partial charge in [0.1, 0.15) is 5.75 Å². The molecule has 0 bridgehead atoms. The molecule has 3 rings (SSSR count). The van der Waals surface area contributed by atoms with Gasteiger partial charge in [-0.2, -0.15) is 5.10 Å². The van der Waals surface area contributed by atoms with E-state index in [0.717, 1.165) is 0 Å². The number of esters is 1. The van der Waals surface area contributed by atoms with Crippen LogP contribution >= 0.6 is 0 Å². The highest BCUT2D eigenvalue weighted by molar-refractivity contribution is 5.91. The first kappa shape index (κ1) is 23.9. The average Bonchev–Trinajstić information content (AvgIpc) is 2.85. The third-order valence-corrected chi connectivity index (χ3v) is 4.52. The monoisotopic (exact) mass is 463 g/mol. The van der Waals surface area contributed by atoms with Crippen molar-refractivity contribution in [1.29, 1.82) is 0 Å². The van der Waals surface area contributed by atoms with Crippen LogP contribution < -0.4 is 19.6 Å². The molecule has 0 aliphatic heterocycles. The number of carbonyl (C=O) groups excluding carboxylic acids is 2. The molecule has 0 spiro atoms. The molecule has 3 aromatic rings. The van der Waals surface area contributed by atoms with Crippen LogP contribution in [0.3, 0.4) is 0 Å². The lowest BCUT2D eigenvalue weighted by atomic mass is 10.2. The van der Waals surface area contributed by atoms with Gasteiger partial charge < -0.3 is 14.2 Å².